The Hall–Kier alpha value is -1.38. The molecule has 2 rings (SSSR count). The van der Waals surface area contributed by atoms with Crippen molar-refractivity contribution in [1.82, 2.24) is 0 Å². The van der Waals surface area contributed by atoms with Crippen molar-refractivity contribution in [1.29, 1.82) is 0 Å². The van der Waals surface area contributed by atoms with Crippen molar-refractivity contribution in [2.75, 3.05) is 0 Å². The van der Waals surface area contributed by atoms with Crippen LogP contribution in [-0.2, 0) is 17.5 Å². The van der Waals surface area contributed by atoms with Crippen LogP contribution in [0.2, 0.25) is 18.1 Å². The highest BCUT2D eigenvalue weighted by molar-refractivity contribution is 6.74. The summed E-state index contributed by atoms with van der Waals surface area (Å²) in [5.41, 5.74) is 3.98. The molecule has 0 unspecified atom stereocenters. The fourth-order valence-corrected chi connectivity index (χ4v) is 3.10. The van der Waals surface area contributed by atoms with Gasteiger partial charge in [-0.15, -0.1) is 0 Å². The lowest BCUT2D eigenvalue weighted by molar-refractivity contribution is 0.276. The van der Waals surface area contributed by atoms with Gasteiger partial charge in [0.1, 0.15) is 0 Å². The van der Waals surface area contributed by atoms with Gasteiger partial charge in [-0.3, -0.25) is 0 Å². The van der Waals surface area contributed by atoms with Crippen molar-refractivity contribution < 1.29 is 4.43 Å². The first-order chi connectivity index (χ1) is 10.3. The molecule has 0 N–H and O–H groups in total. The van der Waals surface area contributed by atoms with E-state index in [9.17, 15) is 0 Å². The second-order valence-electron chi connectivity index (χ2n) is 7.53. The van der Waals surface area contributed by atoms with E-state index in [4.69, 9.17) is 4.43 Å². The summed E-state index contributed by atoms with van der Waals surface area (Å²) in [4.78, 5) is 0. The standard InChI is InChI=1S/C20H28OSi/c1-20(2,3)22(4,5)21-16-19-13-9-12-18(15-19)14-17-10-7-6-8-11-17/h6-13,15H,14,16H2,1-5H3. The molecule has 2 aromatic carbocycles. The van der Waals surface area contributed by atoms with Gasteiger partial charge in [0.05, 0.1) is 6.61 Å². The third kappa shape index (κ3) is 4.55. The first-order valence-electron chi connectivity index (χ1n) is 8.04. The van der Waals surface area contributed by atoms with Crippen molar-refractivity contribution in [3.63, 3.8) is 0 Å². The molecule has 0 aliphatic carbocycles. The molecule has 0 aromatic heterocycles. The smallest absolute Gasteiger partial charge is 0.192 e. The summed E-state index contributed by atoms with van der Waals surface area (Å²) in [7, 11) is -1.68. The summed E-state index contributed by atoms with van der Waals surface area (Å²) in [6.07, 6.45) is 0.981. The quantitative estimate of drug-likeness (QED) is 0.634. The molecule has 0 aliphatic rings. The van der Waals surface area contributed by atoms with E-state index in [1.54, 1.807) is 0 Å². The molecule has 22 heavy (non-hydrogen) atoms. The molecule has 0 amide bonds. The van der Waals surface area contributed by atoms with E-state index in [-0.39, 0.29) is 5.04 Å². The van der Waals surface area contributed by atoms with Gasteiger partial charge in [-0.05, 0) is 41.2 Å². The Morgan fingerprint density at radius 2 is 1.41 bits per heavy atom. The molecule has 0 radical (unpaired) electrons. The average Bonchev–Trinajstić information content (AvgIpc) is 2.46. The molecular weight excluding hydrogens is 284 g/mol. The van der Waals surface area contributed by atoms with Crippen LogP contribution >= 0.6 is 0 Å². The van der Waals surface area contributed by atoms with Gasteiger partial charge in [-0.25, -0.2) is 0 Å². The van der Waals surface area contributed by atoms with Gasteiger partial charge in [0, 0.05) is 0 Å². The van der Waals surface area contributed by atoms with Gasteiger partial charge in [0.25, 0.3) is 0 Å². The van der Waals surface area contributed by atoms with Gasteiger partial charge in [0.15, 0.2) is 8.32 Å². The monoisotopic (exact) mass is 312 g/mol. The third-order valence-electron chi connectivity index (χ3n) is 4.65. The maximum atomic E-state index is 6.32. The molecule has 0 bridgehead atoms. The molecule has 0 spiro atoms. The second-order valence-corrected chi connectivity index (χ2v) is 12.3. The Balaban J connectivity index is 2.03. The fourth-order valence-electron chi connectivity index (χ4n) is 2.14. The average molecular weight is 313 g/mol. The second kappa shape index (κ2) is 6.80. The SMILES string of the molecule is CC(C)(C)[Si](C)(C)OCc1cccc(Cc2ccccc2)c1. The van der Waals surface area contributed by atoms with E-state index in [2.05, 4.69) is 88.5 Å². The van der Waals surface area contributed by atoms with Gasteiger partial charge >= 0.3 is 0 Å². The van der Waals surface area contributed by atoms with Gasteiger partial charge in [-0.2, -0.15) is 0 Å². The predicted molar refractivity (Wildman–Crippen MR) is 97.7 cm³/mol. The molecule has 1 nitrogen and oxygen atoms in total. The molecule has 0 fully saturated rings. The van der Waals surface area contributed by atoms with Gasteiger partial charge in [0.2, 0.25) is 0 Å². The topological polar surface area (TPSA) is 9.23 Å². The minimum Gasteiger partial charge on any atom is -0.413 e. The fraction of sp³-hybridized carbons (Fsp3) is 0.400. The normalized spacial score (nSPS) is 12.4. The highest BCUT2D eigenvalue weighted by atomic mass is 28.4. The molecule has 0 saturated carbocycles. The maximum Gasteiger partial charge on any atom is 0.192 e. The van der Waals surface area contributed by atoms with Crippen LogP contribution in [0.4, 0.5) is 0 Å². The zero-order valence-electron chi connectivity index (χ0n) is 14.5. The van der Waals surface area contributed by atoms with Crippen LogP contribution in [0.5, 0.6) is 0 Å². The highest BCUT2D eigenvalue weighted by Crippen LogP contribution is 2.37. The molecule has 2 heteroatoms. The number of rotatable bonds is 5. The first-order valence-corrected chi connectivity index (χ1v) is 10.9. The highest BCUT2D eigenvalue weighted by Gasteiger charge is 2.36. The van der Waals surface area contributed by atoms with Crippen LogP contribution in [0.3, 0.4) is 0 Å². The Kier molecular flexibility index (Phi) is 5.25. The summed E-state index contributed by atoms with van der Waals surface area (Å²) >= 11 is 0. The summed E-state index contributed by atoms with van der Waals surface area (Å²) in [6, 6.07) is 19.4. The lowest BCUT2D eigenvalue weighted by Gasteiger charge is -2.36. The molecule has 0 saturated heterocycles. The van der Waals surface area contributed by atoms with Crippen molar-refractivity contribution in [3.8, 4) is 0 Å². The number of hydrogen-bond donors (Lipinski definition) is 0. The van der Waals surface area contributed by atoms with Crippen molar-refractivity contribution >= 4 is 8.32 Å². The number of benzene rings is 2. The summed E-state index contributed by atoms with van der Waals surface area (Å²) < 4.78 is 6.32. The van der Waals surface area contributed by atoms with Crippen molar-refractivity contribution in [2.24, 2.45) is 0 Å². The largest absolute Gasteiger partial charge is 0.413 e. The van der Waals surface area contributed by atoms with Gasteiger partial charge in [-0.1, -0.05) is 75.4 Å². The van der Waals surface area contributed by atoms with Crippen LogP contribution in [0.15, 0.2) is 54.6 Å². The van der Waals surface area contributed by atoms with E-state index in [1.165, 1.54) is 16.7 Å². The zero-order chi connectivity index (χ0) is 16.2. The lowest BCUT2D eigenvalue weighted by atomic mass is 10.0. The van der Waals surface area contributed by atoms with E-state index >= 15 is 0 Å². The summed E-state index contributed by atoms with van der Waals surface area (Å²) in [5.74, 6) is 0. The molecule has 0 aliphatic heterocycles. The van der Waals surface area contributed by atoms with Crippen LogP contribution < -0.4 is 0 Å². The Morgan fingerprint density at radius 1 is 0.818 bits per heavy atom. The molecule has 0 heterocycles. The molecule has 2 aromatic rings. The molecule has 0 atom stereocenters. The number of hydrogen-bond acceptors (Lipinski definition) is 1. The first kappa shape index (κ1) is 17.0. The van der Waals surface area contributed by atoms with Crippen molar-refractivity contribution in [2.45, 2.75) is 51.9 Å². The molecular formula is C20H28OSi. The summed E-state index contributed by atoms with van der Waals surface area (Å²) in [5, 5.41) is 0.259. The lowest BCUT2D eigenvalue weighted by Crippen LogP contribution is -2.40. The van der Waals surface area contributed by atoms with E-state index in [0.717, 1.165) is 13.0 Å². The zero-order valence-corrected chi connectivity index (χ0v) is 15.5. The minimum atomic E-state index is -1.68. The van der Waals surface area contributed by atoms with E-state index in [1.807, 2.05) is 0 Å². The summed E-state index contributed by atoms with van der Waals surface area (Å²) in [6.45, 7) is 12.2. The van der Waals surface area contributed by atoms with Crippen LogP contribution in [0.25, 0.3) is 0 Å². The van der Waals surface area contributed by atoms with Crippen LogP contribution in [0, 0.1) is 0 Å². The maximum absolute atomic E-state index is 6.32. The third-order valence-corrected chi connectivity index (χ3v) is 9.13. The van der Waals surface area contributed by atoms with Crippen LogP contribution in [-0.4, -0.2) is 8.32 Å². The van der Waals surface area contributed by atoms with E-state index in [0.29, 0.717) is 0 Å². The Labute approximate surface area is 136 Å². The molecule has 118 valence electrons. The minimum absolute atomic E-state index is 0.259. The van der Waals surface area contributed by atoms with E-state index < -0.39 is 8.32 Å². The van der Waals surface area contributed by atoms with Crippen molar-refractivity contribution in [3.05, 3.63) is 71.3 Å². The predicted octanol–water partition coefficient (Wildman–Crippen LogP) is 5.80. The Morgan fingerprint density at radius 3 is 2.05 bits per heavy atom. The van der Waals surface area contributed by atoms with Crippen LogP contribution in [0.1, 0.15) is 37.5 Å². The van der Waals surface area contributed by atoms with Gasteiger partial charge < -0.3 is 4.43 Å². The Bertz CT molecular complexity index is 597.